The fourth-order valence-corrected chi connectivity index (χ4v) is 3.63. The molecular weight excluding hydrogens is 318 g/mol. The van der Waals surface area contributed by atoms with Gasteiger partial charge in [-0.25, -0.2) is 0 Å². The predicted molar refractivity (Wildman–Crippen MR) is 93.3 cm³/mol. The van der Waals surface area contributed by atoms with Gasteiger partial charge in [0.05, 0.1) is 0 Å². The monoisotopic (exact) mass is 339 g/mol. The first kappa shape index (κ1) is 17.0. The number of nitrogens with zero attached hydrogens (tertiary/aromatic N) is 1. The Morgan fingerprint density at radius 1 is 1.16 bits per heavy atom. The second-order valence-electron chi connectivity index (χ2n) is 6.51. The Labute approximate surface area is 146 Å². The molecule has 1 aliphatic heterocycles. The molecule has 2 amide bonds. The van der Waals surface area contributed by atoms with Crippen molar-refractivity contribution in [3.8, 4) is 0 Å². The van der Waals surface area contributed by atoms with Crippen LogP contribution >= 0.6 is 0 Å². The second kappa shape index (κ2) is 6.20. The third-order valence-electron chi connectivity index (χ3n) is 4.84. The number of carbonyl (C=O) groups is 3. The molecule has 6 heteroatoms. The van der Waals surface area contributed by atoms with Crippen LogP contribution in [-0.2, 0) is 17.8 Å². The Bertz CT molecular complexity index is 882. The molecule has 25 heavy (non-hydrogen) atoms. The molecule has 0 saturated heterocycles. The van der Waals surface area contributed by atoms with Crippen molar-refractivity contribution in [3.63, 3.8) is 0 Å². The van der Waals surface area contributed by atoms with Crippen molar-refractivity contribution in [1.29, 1.82) is 0 Å². The molecule has 2 heterocycles. The van der Waals surface area contributed by atoms with Crippen LogP contribution in [0.5, 0.6) is 0 Å². The molecule has 1 aromatic heterocycles. The Kier molecular flexibility index (Phi) is 4.20. The van der Waals surface area contributed by atoms with Crippen LogP contribution in [0.15, 0.2) is 24.3 Å². The number of aromatic amines is 1. The molecule has 3 rings (SSSR count). The summed E-state index contributed by atoms with van der Waals surface area (Å²) in [4.78, 5) is 41.4. The molecule has 2 aromatic rings. The summed E-state index contributed by atoms with van der Waals surface area (Å²) in [6, 6.07) is 7.01. The lowest BCUT2D eigenvalue weighted by Gasteiger charge is -2.35. The van der Waals surface area contributed by atoms with Crippen molar-refractivity contribution in [1.82, 2.24) is 9.88 Å². The largest absolute Gasteiger partial charge is 0.368 e. The average Bonchev–Trinajstić information content (AvgIpc) is 2.87. The van der Waals surface area contributed by atoms with E-state index in [4.69, 9.17) is 5.73 Å². The molecule has 6 nitrogen and oxygen atoms in total. The fourth-order valence-electron chi connectivity index (χ4n) is 3.63. The van der Waals surface area contributed by atoms with E-state index in [1.165, 1.54) is 11.8 Å². The van der Waals surface area contributed by atoms with Gasteiger partial charge in [-0.15, -0.1) is 0 Å². The lowest BCUT2D eigenvalue weighted by atomic mass is 9.93. The fraction of sp³-hybridized carbons (Fsp3) is 0.316. The minimum absolute atomic E-state index is 0.0965. The first-order valence-electron chi connectivity index (χ1n) is 8.18. The van der Waals surface area contributed by atoms with Crippen molar-refractivity contribution in [2.75, 3.05) is 0 Å². The summed E-state index contributed by atoms with van der Waals surface area (Å²) in [7, 11) is 0. The average molecular weight is 339 g/mol. The summed E-state index contributed by atoms with van der Waals surface area (Å²) in [6.07, 6.45) is 0.398. The van der Waals surface area contributed by atoms with Gasteiger partial charge in [0.2, 0.25) is 5.91 Å². The zero-order valence-electron chi connectivity index (χ0n) is 14.6. The number of nitrogens with one attached hydrogen (secondary N) is 1. The van der Waals surface area contributed by atoms with Crippen LogP contribution in [0.25, 0.3) is 0 Å². The van der Waals surface area contributed by atoms with E-state index in [9.17, 15) is 14.4 Å². The third kappa shape index (κ3) is 2.84. The molecule has 130 valence electrons. The van der Waals surface area contributed by atoms with Gasteiger partial charge in [0.25, 0.3) is 5.91 Å². The van der Waals surface area contributed by atoms with Gasteiger partial charge in [-0.05, 0) is 37.5 Å². The molecule has 3 N–H and O–H groups in total. The summed E-state index contributed by atoms with van der Waals surface area (Å²) < 4.78 is 0. The van der Waals surface area contributed by atoms with Crippen LogP contribution in [0.4, 0.5) is 0 Å². The van der Waals surface area contributed by atoms with Gasteiger partial charge in [-0.2, -0.15) is 0 Å². The maximum atomic E-state index is 13.1. The van der Waals surface area contributed by atoms with E-state index in [1.807, 2.05) is 24.3 Å². The van der Waals surface area contributed by atoms with Crippen molar-refractivity contribution in [3.05, 3.63) is 57.9 Å². The molecule has 0 bridgehead atoms. The Morgan fingerprint density at radius 2 is 1.80 bits per heavy atom. The van der Waals surface area contributed by atoms with Gasteiger partial charge in [0.1, 0.15) is 11.7 Å². The van der Waals surface area contributed by atoms with Crippen LogP contribution in [0.2, 0.25) is 0 Å². The van der Waals surface area contributed by atoms with Crippen molar-refractivity contribution in [2.45, 2.75) is 39.8 Å². The number of Topliss-reactive ketones (excluding diaryl/α,β-unsaturated/α-hetero) is 1. The smallest absolute Gasteiger partial charge is 0.271 e. The highest BCUT2D eigenvalue weighted by molar-refractivity contribution is 6.03. The number of carbonyl (C=O) groups excluding carboxylic acids is 3. The number of hydrogen-bond donors (Lipinski definition) is 2. The van der Waals surface area contributed by atoms with Crippen LogP contribution < -0.4 is 5.73 Å². The molecule has 0 unspecified atom stereocenters. The van der Waals surface area contributed by atoms with Gasteiger partial charge < -0.3 is 15.6 Å². The number of benzene rings is 1. The number of ketones is 1. The van der Waals surface area contributed by atoms with Crippen LogP contribution in [0.3, 0.4) is 0 Å². The molecule has 1 aromatic carbocycles. The molecular formula is C19H21N3O3. The van der Waals surface area contributed by atoms with Gasteiger partial charge in [0, 0.05) is 24.2 Å². The highest BCUT2D eigenvalue weighted by Gasteiger charge is 2.35. The Balaban J connectivity index is 2.02. The maximum absolute atomic E-state index is 13.1. The van der Waals surface area contributed by atoms with E-state index < -0.39 is 11.9 Å². The van der Waals surface area contributed by atoms with Crippen LogP contribution in [0.1, 0.15) is 50.2 Å². The lowest BCUT2D eigenvalue weighted by molar-refractivity contribution is -0.122. The standard InChI is InChI=1S/C19H21N3O3/c1-10-16(12(3)23)11(2)21-17(10)19(25)22-9-14-7-5-4-6-13(14)8-15(22)18(20)24/h4-7,15,21H,8-9H2,1-3H3,(H2,20,24)/t15-/m1/s1. The topological polar surface area (TPSA) is 96.3 Å². The summed E-state index contributed by atoms with van der Waals surface area (Å²) >= 11 is 0. The zero-order valence-corrected chi connectivity index (χ0v) is 14.6. The van der Waals surface area contributed by atoms with Gasteiger partial charge in [-0.3, -0.25) is 14.4 Å². The first-order chi connectivity index (χ1) is 11.8. The predicted octanol–water partition coefficient (Wildman–Crippen LogP) is 1.89. The third-order valence-corrected chi connectivity index (χ3v) is 4.84. The molecule has 0 radical (unpaired) electrons. The van der Waals surface area contributed by atoms with Gasteiger partial charge >= 0.3 is 0 Å². The van der Waals surface area contributed by atoms with E-state index in [2.05, 4.69) is 4.98 Å². The number of fused-ring (bicyclic) bond motifs is 1. The number of nitrogens with two attached hydrogens (primary N) is 1. The maximum Gasteiger partial charge on any atom is 0.271 e. The van der Waals surface area contributed by atoms with E-state index >= 15 is 0 Å². The molecule has 0 spiro atoms. The number of aromatic nitrogens is 1. The highest BCUT2D eigenvalue weighted by Crippen LogP contribution is 2.27. The number of H-pyrrole nitrogens is 1. The number of aryl methyl sites for hydroxylation is 1. The van der Waals surface area contributed by atoms with Gasteiger partial charge in [0.15, 0.2) is 5.78 Å². The molecule has 1 aliphatic rings. The first-order valence-corrected chi connectivity index (χ1v) is 8.18. The Hall–Kier alpha value is -2.89. The SMILES string of the molecule is CC(=O)c1c(C)[nH]c(C(=O)N2Cc3ccccc3C[C@@H]2C(N)=O)c1C. The zero-order chi connectivity index (χ0) is 18.3. The molecule has 0 saturated carbocycles. The molecule has 0 aliphatic carbocycles. The van der Waals surface area contributed by atoms with E-state index in [0.717, 1.165) is 11.1 Å². The normalized spacial score (nSPS) is 16.4. The Morgan fingerprint density at radius 3 is 2.36 bits per heavy atom. The lowest BCUT2D eigenvalue weighted by Crippen LogP contribution is -2.51. The quantitative estimate of drug-likeness (QED) is 0.836. The minimum Gasteiger partial charge on any atom is -0.368 e. The van der Waals surface area contributed by atoms with Crippen LogP contribution in [-0.4, -0.2) is 33.5 Å². The second-order valence-corrected chi connectivity index (χ2v) is 6.51. The molecule has 0 fully saturated rings. The summed E-state index contributed by atoms with van der Waals surface area (Å²) in [5.41, 5.74) is 9.71. The van der Waals surface area contributed by atoms with E-state index in [-0.39, 0.29) is 11.7 Å². The summed E-state index contributed by atoms with van der Waals surface area (Å²) in [6.45, 7) is 5.29. The van der Waals surface area contributed by atoms with E-state index in [1.54, 1.807) is 13.8 Å². The number of rotatable bonds is 3. The summed E-state index contributed by atoms with van der Waals surface area (Å²) in [5.74, 6) is -0.942. The van der Waals surface area contributed by atoms with Crippen molar-refractivity contribution >= 4 is 17.6 Å². The highest BCUT2D eigenvalue weighted by atomic mass is 16.2. The van der Waals surface area contributed by atoms with E-state index in [0.29, 0.717) is 35.5 Å². The number of amides is 2. The molecule has 1 atom stereocenters. The number of primary amides is 1. The number of hydrogen-bond acceptors (Lipinski definition) is 3. The summed E-state index contributed by atoms with van der Waals surface area (Å²) in [5, 5.41) is 0. The van der Waals surface area contributed by atoms with Crippen molar-refractivity contribution < 1.29 is 14.4 Å². The van der Waals surface area contributed by atoms with Gasteiger partial charge in [-0.1, -0.05) is 24.3 Å². The van der Waals surface area contributed by atoms with Crippen LogP contribution in [0, 0.1) is 13.8 Å². The van der Waals surface area contributed by atoms with Crippen molar-refractivity contribution in [2.24, 2.45) is 5.73 Å². The minimum atomic E-state index is -0.703.